The number of carbonyl (C=O) groups is 1. The Labute approximate surface area is 245 Å². The molecule has 3 aliphatic heterocycles. The maximum atomic E-state index is 13.8. The lowest BCUT2D eigenvalue weighted by atomic mass is 9.68. The highest BCUT2D eigenvalue weighted by Crippen LogP contribution is 2.48. The molecule has 40 heavy (non-hydrogen) atoms. The Hall–Kier alpha value is -1.60. The van der Waals surface area contributed by atoms with E-state index in [-0.39, 0.29) is 40.1 Å². The summed E-state index contributed by atoms with van der Waals surface area (Å²) in [5.41, 5.74) is 1.67. The van der Waals surface area contributed by atoms with Gasteiger partial charge in [-0.2, -0.15) is 11.8 Å². The van der Waals surface area contributed by atoms with E-state index in [2.05, 4.69) is 22.1 Å². The number of aliphatic carboxylic acids is 1. The fraction of sp³-hybridized carbons (Fsp3) is 0.767. The van der Waals surface area contributed by atoms with Crippen LogP contribution in [0.2, 0.25) is 0 Å². The molecule has 1 aromatic heterocycles. The minimum absolute atomic E-state index is 0.00164. The van der Waals surface area contributed by atoms with Crippen molar-refractivity contribution in [1.82, 2.24) is 19.8 Å². The van der Waals surface area contributed by atoms with Gasteiger partial charge in [-0.15, -0.1) is 11.6 Å². The number of hydrogen-bond donors (Lipinski definition) is 2. The molecule has 7 unspecified atom stereocenters. The van der Waals surface area contributed by atoms with Crippen LogP contribution in [0.15, 0.2) is 4.79 Å². The standard InChI is InChI=1S/C30H40ClFN4O3S/c1-17-34-26-7-6-21(35-12-9-20(32)15-35)14-24(26)29(37)36(17)11-2-3-18-4-5-19(31)13-23(18)22-8-10-33-27-25(30(38)39)16-40-28(22)27/h18-23,25,27-28,33H,4-16H2,1H3,(H,38,39)/t18?,19?,20-,21+,22?,23?,25?,27?,28?/m0/s1. The summed E-state index contributed by atoms with van der Waals surface area (Å²) >= 11 is 8.48. The maximum Gasteiger partial charge on any atom is 0.308 e. The molecule has 1 aromatic rings. The van der Waals surface area contributed by atoms with Crippen LogP contribution in [0, 0.1) is 42.4 Å². The molecule has 3 saturated heterocycles. The highest BCUT2D eigenvalue weighted by molar-refractivity contribution is 8.00. The molecule has 2 N–H and O–H groups in total. The van der Waals surface area contributed by atoms with Gasteiger partial charge in [0.15, 0.2) is 0 Å². The fourth-order valence-corrected chi connectivity index (χ4v) is 10.2. The maximum absolute atomic E-state index is 13.8. The van der Waals surface area contributed by atoms with Gasteiger partial charge in [-0.05, 0) is 76.7 Å². The van der Waals surface area contributed by atoms with Gasteiger partial charge < -0.3 is 10.4 Å². The van der Waals surface area contributed by atoms with Crippen LogP contribution in [0.25, 0.3) is 0 Å². The van der Waals surface area contributed by atoms with Gasteiger partial charge in [0.2, 0.25) is 0 Å². The van der Waals surface area contributed by atoms with Crippen LogP contribution in [-0.4, -0.2) is 79.8 Å². The summed E-state index contributed by atoms with van der Waals surface area (Å²) in [6, 6.07) is 0.216. The largest absolute Gasteiger partial charge is 0.481 e. The van der Waals surface area contributed by atoms with Crippen LogP contribution in [0.1, 0.15) is 55.6 Å². The van der Waals surface area contributed by atoms with Crippen molar-refractivity contribution in [3.8, 4) is 11.8 Å². The lowest BCUT2D eigenvalue weighted by molar-refractivity contribution is -0.141. The van der Waals surface area contributed by atoms with Crippen molar-refractivity contribution in [3.63, 3.8) is 0 Å². The summed E-state index contributed by atoms with van der Waals surface area (Å²) in [6.45, 7) is 4.27. The topological polar surface area (TPSA) is 87.5 Å². The van der Waals surface area contributed by atoms with Crippen LogP contribution in [0.5, 0.6) is 0 Å². The Kier molecular flexibility index (Phi) is 8.52. The molecule has 6 rings (SSSR count). The van der Waals surface area contributed by atoms with E-state index in [1.54, 1.807) is 16.3 Å². The van der Waals surface area contributed by atoms with Gasteiger partial charge in [0, 0.05) is 53.0 Å². The number of hydrogen-bond acceptors (Lipinski definition) is 6. The second kappa shape index (κ2) is 11.9. The van der Waals surface area contributed by atoms with Crippen LogP contribution < -0.4 is 10.9 Å². The van der Waals surface area contributed by atoms with Crippen molar-refractivity contribution in [2.75, 3.05) is 25.4 Å². The third kappa shape index (κ3) is 5.58. The summed E-state index contributed by atoms with van der Waals surface area (Å²) in [4.78, 5) is 32.4. The predicted octanol–water partition coefficient (Wildman–Crippen LogP) is 3.27. The number of piperidine rings is 1. The van der Waals surface area contributed by atoms with E-state index in [4.69, 9.17) is 16.6 Å². The van der Waals surface area contributed by atoms with Crippen LogP contribution in [-0.2, 0) is 24.2 Å². The molecule has 7 nitrogen and oxygen atoms in total. The van der Waals surface area contributed by atoms with Crippen molar-refractivity contribution in [2.45, 2.75) is 93.7 Å². The molecular weight excluding hydrogens is 551 g/mol. The molecular formula is C30H40ClFN4O3S. The molecule has 0 radical (unpaired) electrons. The molecule has 0 amide bonds. The van der Waals surface area contributed by atoms with E-state index in [0.29, 0.717) is 49.3 Å². The van der Waals surface area contributed by atoms with E-state index >= 15 is 0 Å². The zero-order valence-corrected chi connectivity index (χ0v) is 24.7. The minimum Gasteiger partial charge on any atom is -0.481 e. The summed E-state index contributed by atoms with van der Waals surface area (Å²) in [6.07, 6.45) is 5.93. The number of fused-ring (bicyclic) bond motifs is 2. The Morgan fingerprint density at radius 2 is 2.10 bits per heavy atom. The summed E-state index contributed by atoms with van der Waals surface area (Å²) in [5, 5.41) is 13.6. The molecule has 1 saturated carbocycles. The fourth-order valence-electron chi connectivity index (χ4n) is 8.00. The average molecular weight is 591 g/mol. The zero-order chi connectivity index (χ0) is 28.0. The molecule has 10 heteroatoms. The number of aryl methyl sites for hydroxylation is 2. The van der Waals surface area contributed by atoms with Gasteiger partial charge >= 0.3 is 5.97 Å². The number of nitrogens with one attached hydrogen (secondary N) is 1. The van der Waals surface area contributed by atoms with E-state index < -0.39 is 12.1 Å². The molecule has 9 atom stereocenters. The summed E-state index contributed by atoms with van der Waals surface area (Å²) in [5.74, 6) is 8.13. The van der Waals surface area contributed by atoms with E-state index in [1.165, 1.54) is 0 Å². The van der Waals surface area contributed by atoms with Gasteiger partial charge in [-0.1, -0.05) is 11.8 Å². The zero-order valence-electron chi connectivity index (χ0n) is 23.2. The van der Waals surface area contributed by atoms with Gasteiger partial charge in [0.05, 0.1) is 18.2 Å². The first kappa shape index (κ1) is 28.5. The second-order valence-electron chi connectivity index (χ2n) is 12.4. The normalized spacial score (nSPS) is 37.8. The highest BCUT2D eigenvalue weighted by Gasteiger charge is 2.50. The van der Waals surface area contributed by atoms with Crippen molar-refractivity contribution in [2.24, 2.45) is 23.7 Å². The monoisotopic (exact) mass is 590 g/mol. The Balaban J connectivity index is 1.19. The van der Waals surface area contributed by atoms with Crippen LogP contribution >= 0.6 is 23.4 Å². The molecule has 0 spiro atoms. The number of alkyl halides is 2. The third-order valence-electron chi connectivity index (χ3n) is 10.1. The highest BCUT2D eigenvalue weighted by atomic mass is 35.5. The SMILES string of the molecule is Cc1nc2c(c(=O)n1CC#CC1CCC(Cl)CC1C1CCNC3C(C(=O)O)CSC13)C[C@H](N1CC[C@H](F)C1)CC2. The predicted molar refractivity (Wildman–Crippen MR) is 156 cm³/mol. The number of rotatable bonds is 4. The minimum atomic E-state index is -0.760. The first-order valence-electron chi connectivity index (χ1n) is 15.0. The van der Waals surface area contributed by atoms with E-state index in [9.17, 15) is 19.1 Å². The van der Waals surface area contributed by atoms with Gasteiger partial charge in [-0.3, -0.25) is 19.1 Å². The number of carboxylic acids is 1. The number of likely N-dealkylation sites (tertiary alicyclic amines) is 1. The number of thioether (sulfide) groups is 1. The molecule has 2 aliphatic carbocycles. The van der Waals surface area contributed by atoms with Gasteiger partial charge in [0.25, 0.3) is 5.56 Å². The third-order valence-corrected chi connectivity index (χ3v) is 12.1. The molecule has 4 fully saturated rings. The molecule has 218 valence electrons. The lowest BCUT2D eigenvalue weighted by Gasteiger charge is -2.44. The Morgan fingerprint density at radius 1 is 1.25 bits per heavy atom. The van der Waals surface area contributed by atoms with Gasteiger partial charge in [0.1, 0.15) is 12.0 Å². The van der Waals surface area contributed by atoms with Crippen molar-refractivity contribution in [3.05, 3.63) is 27.4 Å². The van der Waals surface area contributed by atoms with Crippen molar-refractivity contribution >= 4 is 29.3 Å². The summed E-state index contributed by atoms with van der Waals surface area (Å²) < 4.78 is 15.5. The van der Waals surface area contributed by atoms with E-state index in [0.717, 1.165) is 62.9 Å². The van der Waals surface area contributed by atoms with Crippen LogP contribution in [0.3, 0.4) is 0 Å². The second-order valence-corrected chi connectivity index (χ2v) is 14.3. The lowest BCUT2D eigenvalue weighted by Crippen LogP contribution is -2.53. The Morgan fingerprint density at radius 3 is 2.88 bits per heavy atom. The molecule has 5 aliphatic rings. The van der Waals surface area contributed by atoms with Crippen molar-refractivity contribution in [1.29, 1.82) is 0 Å². The smallest absolute Gasteiger partial charge is 0.308 e. The number of halogens is 2. The first-order chi connectivity index (χ1) is 19.3. The number of nitrogens with zero attached hydrogens (tertiary/aromatic N) is 3. The quantitative estimate of drug-likeness (QED) is 0.411. The Bertz CT molecular complexity index is 1250. The molecule has 4 heterocycles. The molecule has 0 aromatic carbocycles. The number of aromatic nitrogens is 2. The first-order valence-corrected chi connectivity index (χ1v) is 16.5. The van der Waals surface area contributed by atoms with E-state index in [1.807, 2.05) is 6.92 Å². The van der Waals surface area contributed by atoms with Crippen LogP contribution in [0.4, 0.5) is 4.39 Å². The molecule has 0 bridgehead atoms. The van der Waals surface area contributed by atoms with Crippen molar-refractivity contribution < 1.29 is 14.3 Å². The summed E-state index contributed by atoms with van der Waals surface area (Å²) in [7, 11) is 0. The van der Waals surface area contributed by atoms with Gasteiger partial charge in [-0.25, -0.2) is 9.37 Å². The number of carboxylic acid groups (broad SMARTS) is 1. The average Bonchev–Trinajstić information content (AvgIpc) is 3.57.